The Kier molecular flexibility index (Phi) is 6.95. The number of carbonyl (C=O) groups excluding carboxylic acids is 1. The summed E-state index contributed by atoms with van der Waals surface area (Å²) in [6, 6.07) is 7.43. The minimum Gasteiger partial charge on any atom is -0.490 e. The fourth-order valence-electron chi connectivity index (χ4n) is 3.75. The molecular weight excluding hydrogens is 378 g/mol. The maximum absolute atomic E-state index is 12.6. The van der Waals surface area contributed by atoms with Gasteiger partial charge in [-0.3, -0.25) is 4.79 Å². The van der Waals surface area contributed by atoms with Crippen LogP contribution in [0.25, 0.3) is 0 Å². The summed E-state index contributed by atoms with van der Waals surface area (Å²) in [5.41, 5.74) is 0.705. The van der Waals surface area contributed by atoms with Crippen molar-refractivity contribution in [3.05, 3.63) is 24.3 Å². The Morgan fingerprint density at radius 1 is 1.14 bits per heavy atom. The van der Waals surface area contributed by atoms with Gasteiger partial charge in [0.2, 0.25) is 15.9 Å². The summed E-state index contributed by atoms with van der Waals surface area (Å²) in [5.74, 6) is 0.441. The molecule has 28 heavy (non-hydrogen) atoms. The van der Waals surface area contributed by atoms with Gasteiger partial charge >= 0.3 is 0 Å². The lowest BCUT2D eigenvalue weighted by molar-refractivity contribution is -0.120. The van der Waals surface area contributed by atoms with Crippen LogP contribution in [0.2, 0.25) is 0 Å². The largest absolute Gasteiger partial charge is 0.490 e. The molecule has 0 radical (unpaired) electrons. The third kappa shape index (κ3) is 5.46. The summed E-state index contributed by atoms with van der Waals surface area (Å²) < 4.78 is 31.6. The first kappa shape index (κ1) is 21.1. The summed E-state index contributed by atoms with van der Waals surface area (Å²) >= 11 is 0. The molecule has 2 aliphatic rings. The van der Waals surface area contributed by atoms with Crippen LogP contribution < -0.4 is 10.1 Å². The minimum absolute atomic E-state index is 0.0695. The van der Waals surface area contributed by atoms with Gasteiger partial charge in [0.05, 0.1) is 11.7 Å². The van der Waals surface area contributed by atoms with Gasteiger partial charge in [0, 0.05) is 31.9 Å². The lowest BCUT2D eigenvalue weighted by Crippen LogP contribution is -2.44. The van der Waals surface area contributed by atoms with Crippen LogP contribution in [0, 0.1) is 5.92 Å². The molecule has 8 heteroatoms. The number of nitrogens with zero attached hydrogens (tertiary/aromatic N) is 2. The second kappa shape index (κ2) is 9.24. The Labute approximate surface area is 168 Å². The van der Waals surface area contributed by atoms with Gasteiger partial charge in [-0.25, -0.2) is 12.7 Å². The highest BCUT2D eigenvalue weighted by atomic mass is 32.2. The van der Waals surface area contributed by atoms with Gasteiger partial charge in [-0.1, -0.05) is 0 Å². The van der Waals surface area contributed by atoms with Crippen LogP contribution in [0.4, 0.5) is 5.69 Å². The van der Waals surface area contributed by atoms with Crippen LogP contribution >= 0.6 is 0 Å². The number of sulfonamides is 1. The molecule has 0 spiro atoms. The molecule has 0 saturated carbocycles. The summed E-state index contributed by atoms with van der Waals surface area (Å²) in [6.45, 7) is 4.49. The van der Waals surface area contributed by atoms with Crippen molar-refractivity contribution in [1.29, 1.82) is 0 Å². The molecule has 0 aromatic heterocycles. The number of likely N-dealkylation sites (tertiary alicyclic amines) is 1. The van der Waals surface area contributed by atoms with Crippen molar-refractivity contribution >= 4 is 21.6 Å². The second-order valence-corrected chi connectivity index (χ2v) is 9.99. The van der Waals surface area contributed by atoms with Crippen LogP contribution in [-0.4, -0.2) is 68.6 Å². The number of rotatable bonds is 6. The number of piperidine rings is 2. The Balaban J connectivity index is 1.52. The predicted octanol–water partition coefficient (Wildman–Crippen LogP) is 2.16. The number of hydrogen-bond donors (Lipinski definition) is 1. The van der Waals surface area contributed by atoms with E-state index in [0.717, 1.165) is 31.7 Å². The van der Waals surface area contributed by atoms with E-state index >= 15 is 0 Å². The van der Waals surface area contributed by atoms with Crippen molar-refractivity contribution in [1.82, 2.24) is 9.21 Å². The number of ether oxygens (including phenoxy) is 1. The second-order valence-electron chi connectivity index (χ2n) is 7.73. The summed E-state index contributed by atoms with van der Waals surface area (Å²) in [7, 11) is -1.13. The van der Waals surface area contributed by atoms with Crippen molar-refractivity contribution in [3.8, 4) is 5.75 Å². The highest BCUT2D eigenvalue weighted by Gasteiger charge is 2.31. The quantitative estimate of drug-likeness (QED) is 0.779. The molecule has 0 aliphatic carbocycles. The standard InChI is InChI=1S/C20H31N3O4S/c1-3-28(25,26)23-12-4-5-16(15-23)20(24)21-17-6-8-18(9-7-17)27-19-10-13-22(2)14-11-19/h6-9,16,19H,3-5,10-15H2,1-2H3,(H,21,24)/t16-/m0/s1. The van der Waals surface area contributed by atoms with Crippen LogP contribution in [-0.2, 0) is 14.8 Å². The Hall–Kier alpha value is -1.64. The molecule has 2 aliphatic heterocycles. The molecule has 0 unspecified atom stereocenters. The minimum atomic E-state index is -3.25. The topological polar surface area (TPSA) is 79.0 Å². The van der Waals surface area contributed by atoms with Crippen LogP contribution in [0.15, 0.2) is 24.3 Å². The number of anilines is 1. The molecule has 7 nitrogen and oxygen atoms in total. The van der Waals surface area contributed by atoms with Gasteiger partial charge < -0.3 is 15.0 Å². The average molecular weight is 410 g/mol. The summed E-state index contributed by atoms with van der Waals surface area (Å²) in [6.07, 6.45) is 3.70. The van der Waals surface area contributed by atoms with Gasteiger partial charge in [0.15, 0.2) is 0 Å². The first-order valence-corrected chi connectivity index (χ1v) is 11.7. The molecule has 3 rings (SSSR count). The molecule has 2 saturated heterocycles. The van der Waals surface area contributed by atoms with E-state index in [9.17, 15) is 13.2 Å². The van der Waals surface area contributed by atoms with Crippen molar-refractivity contribution in [2.75, 3.05) is 44.3 Å². The van der Waals surface area contributed by atoms with Crippen molar-refractivity contribution in [2.45, 2.75) is 38.7 Å². The van der Waals surface area contributed by atoms with Crippen LogP contribution in [0.1, 0.15) is 32.6 Å². The predicted molar refractivity (Wildman–Crippen MR) is 110 cm³/mol. The SMILES string of the molecule is CCS(=O)(=O)N1CCC[C@H](C(=O)Nc2ccc(OC3CCN(C)CC3)cc2)C1. The van der Waals surface area contributed by atoms with Crippen LogP contribution in [0.3, 0.4) is 0 Å². The molecule has 1 amide bonds. The van der Waals surface area contributed by atoms with Gasteiger partial charge in [-0.2, -0.15) is 0 Å². The highest BCUT2D eigenvalue weighted by molar-refractivity contribution is 7.89. The zero-order valence-corrected chi connectivity index (χ0v) is 17.6. The average Bonchev–Trinajstić information content (AvgIpc) is 2.71. The molecule has 2 fully saturated rings. The highest BCUT2D eigenvalue weighted by Crippen LogP contribution is 2.23. The molecule has 2 heterocycles. The van der Waals surface area contributed by atoms with Gasteiger partial charge in [-0.05, 0) is 63.9 Å². The first-order chi connectivity index (χ1) is 13.4. The van der Waals surface area contributed by atoms with E-state index in [1.54, 1.807) is 6.92 Å². The fourth-order valence-corrected chi connectivity index (χ4v) is 4.93. The summed E-state index contributed by atoms with van der Waals surface area (Å²) in [5, 5.41) is 2.92. The van der Waals surface area contributed by atoms with E-state index in [-0.39, 0.29) is 30.2 Å². The van der Waals surface area contributed by atoms with Crippen molar-refractivity contribution < 1.29 is 17.9 Å². The van der Waals surface area contributed by atoms with E-state index in [0.29, 0.717) is 25.1 Å². The number of hydrogen-bond acceptors (Lipinski definition) is 5. The number of amides is 1. The number of carbonyl (C=O) groups is 1. The van der Waals surface area contributed by atoms with Crippen molar-refractivity contribution in [2.24, 2.45) is 5.92 Å². The van der Waals surface area contributed by atoms with Crippen molar-refractivity contribution in [3.63, 3.8) is 0 Å². The van der Waals surface area contributed by atoms with E-state index in [1.807, 2.05) is 24.3 Å². The Morgan fingerprint density at radius 3 is 2.46 bits per heavy atom. The maximum atomic E-state index is 12.6. The first-order valence-electron chi connectivity index (χ1n) is 10.1. The van der Waals surface area contributed by atoms with E-state index in [1.165, 1.54) is 4.31 Å². The molecule has 1 aromatic rings. The molecular formula is C20H31N3O4S. The Morgan fingerprint density at radius 2 is 1.82 bits per heavy atom. The Bertz CT molecular complexity index is 758. The molecule has 1 N–H and O–H groups in total. The van der Waals surface area contributed by atoms with E-state index in [2.05, 4.69) is 17.3 Å². The van der Waals surface area contributed by atoms with Gasteiger partial charge in [-0.15, -0.1) is 0 Å². The molecule has 1 atom stereocenters. The molecule has 1 aromatic carbocycles. The monoisotopic (exact) mass is 409 g/mol. The normalized spacial score (nSPS) is 22.7. The zero-order chi connectivity index (χ0) is 20.1. The smallest absolute Gasteiger partial charge is 0.228 e. The zero-order valence-electron chi connectivity index (χ0n) is 16.8. The van der Waals surface area contributed by atoms with E-state index in [4.69, 9.17) is 4.74 Å². The molecule has 156 valence electrons. The maximum Gasteiger partial charge on any atom is 0.228 e. The third-order valence-corrected chi connectivity index (χ3v) is 7.45. The molecule has 0 bridgehead atoms. The number of benzene rings is 1. The number of nitrogens with one attached hydrogen (secondary N) is 1. The van der Waals surface area contributed by atoms with E-state index < -0.39 is 10.0 Å². The lowest BCUT2D eigenvalue weighted by atomic mass is 9.98. The van der Waals surface area contributed by atoms with Crippen LogP contribution in [0.5, 0.6) is 5.75 Å². The summed E-state index contributed by atoms with van der Waals surface area (Å²) in [4.78, 5) is 14.9. The fraction of sp³-hybridized carbons (Fsp3) is 0.650. The third-order valence-electron chi connectivity index (χ3n) is 5.60. The van der Waals surface area contributed by atoms with Gasteiger partial charge in [0.1, 0.15) is 11.9 Å². The van der Waals surface area contributed by atoms with Gasteiger partial charge in [0.25, 0.3) is 0 Å². The lowest BCUT2D eigenvalue weighted by Gasteiger charge is -2.31.